The van der Waals surface area contributed by atoms with Crippen LogP contribution >= 0.6 is 11.3 Å². The summed E-state index contributed by atoms with van der Waals surface area (Å²) in [5, 5.41) is 3.05. The smallest absolute Gasteiger partial charge is 0.427 e. The van der Waals surface area contributed by atoms with Crippen molar-refractivity contribution < 1.29 is 17.9 Å². The first-order valence-corrected chi connectivity index (χ1v) is 6.06. The minimum Gasteiger partial charge on any atom is -0.481 e. The number of anilines is 1. The lowest BCUT2D eigenvalue weighted by molar-refractivity contribution is -0.134. The van der Waals surface area contributed by atoms with Gasteiger partial charge in [-0.3, -0.25) is 0 Å². The second kappa shape index (κ2) is 5.43. The van der Waals surface area contributed by atoms with Gasteiger partial charge in [0.2, 0.25) is 5.88 Å². The highest BCUT2D eigenvalue weighted by Crippen LogP contribution is 2.35. The summed E-state index contributed by atoms with van der Waals surface area (Å²) in [6.45, 7) is 0.351. The molecule has 0 bridgehead atoms. The molecule has 4 nitrogen and oxygen atoms in total. The Morgan fingerprint density at radius 3 is 2.79 bits per heavy atom. The Morgan fingerprint density at radius 1 is 1.37 bits per heavy atom. The zero-order valence-corrected chi connectivity index (χ0v) is 10.7. The summed E-state index contributed by atoms with van der Waals surface area (Å²) in [5.74, 6) is 0.453. The number of halogens is 3. The minimum atomic E-state index is -4.35. The molecule has 0 aliphatic rings. The predicted molar refractivity (Wildman–Crippen MR) is 65.2 cm³/mol. The molecular formula is C11H10F3N3OS. The van der Waals surface area contributed by atoms with Crippen molar-refractivity contribution in [3.63, 3.8) is 0 Å². The number of nitrogens with one attached hydrogen (secondary N) is 1. The van der Waals surface area contributed by atoms with Gasteiger partial charge in [-0.05, 0) is 11.6 Å². The zero-order chi connectivity index (χ0) is 13.9. The Balaban J connectivity index is 2.00. The van der Waals surface area contributed by atoms with E-state index in [1.807, 2.05) is 0 Å². The number of thiazole rings is 1. The summed E-state index contributed by atoms with van der Waals surface area (Å²) in [4.78, 5) is 6.90. The van der Waals surface area contributed by atoms with Crippen molar-refractivity contribution in [3.05, 3.63) is 35.0 Å². The standard InChI is InChI=1S/C11H10F3N3OS/c1-18-9-4-7(2-3-15-9)5-16-10-17-6-8(19-10)11(12,13)14/h2-4,6H,5H2,1H3,(H,16,17). The number of nitrogens with zero attached hydrogens (tertiary/aromatic N) is 2. The number of hydrogen-bond acceptors (Lipinski definition) is 5. The number of methoxy groups -OCH3 is 1. The summed E-state index contributed by atoms with van der Waals surface area (Å²) in [5.41, 5.74) is 0.843. The third-order valence-corrected chi connectivity index (χ3v) is 3.24. The van der Waals surface area contributed by atoms with Crippen LogP contribution in [0.3, 0.4) is 0 Å². The van der Waals surface area contributed by atoms with E-state index in [1.165, 1.54) is 7.11 Å². The Bertz CT molecular complexity index is 556. The average Bonchev–Trinajstić information content (AvgIpc) is 2.85. The van der Waals surface area contributed by atoms with Gasteiger partial charge in [0.15, 0.2) is 5.13 Å². The molecule has 2 aromatic heterocycles. The van der Waals surface area contributed by atoms with Crippen molar-refractivity contribution in [3.8, 4) is 5.88 Å². The third kappa shape index (κ3) is 3.57. The highest BCUT2D eigenvalue weighted by Gasteiger charge is 2.33. The van der Waals surface area contributed by atoms with Crippen LogP contribution in [0.15, 0.2) is 24.5 Å². The van der Waals surface area contributed by atoms with E-state index in [1.54, 1.807) is 18.3 Å². The van der Waals surface area contributed by atoms with E-state index in [9.17, 15) is 13.2 Å². The lowest BCUT2D eigenvalue weighted by Crippen LogP contribution is -2.01. The highest BCUT2D eigenvalue weighted by atomic mass is 32.1. The molecule has 0 radical (unpaired) electrons. The molecule has 0 unspecified atom stereocenters. The molecule has 0 aliphatic heterocycles. The normalized spacial score (nSPS) is 11.4. The van der Waals surface area contributed by atoms with Crippen molar-refractivity contribution in [1.29, 1.82) is 0 Å². The molecule has 0 aliphatic carbocycles. The van der Waals surface area contributed by atoms with Crippen molar-refractivity contribution in [1.82, 2.24) is 9.97 Å². The van der Waals surface area contributed by atoms with Gasteiger partial charge in [-0.1, -0.05) is 11.3 Å². The molecule has 0 aromatic carbocycles. The SMILES string of the molecule is COc1cc(CNc2ncc(C(F)(F)F)s2)ccn1. The maximum Gasteiger partial charge on any atom is 0.427 e. The minimum absolute atomic E-state index is 0.225. The molecule has 8 heteroatoms. The van der Waals surface area contributed by atoms with Crippen LogP contribution in [0.5, 0.6) is 5.88 Å². The maximum atomic E-state index is 12.4. The topological polar surface area (TPSA) is 47.0 Å². The van der Waals surface area contributed by atoms with Crippen molar-refractivity contribution in [2.24, 2.45) is 0 Å². The lowest BCUT2D eigenvalue weighted by atomic mass is 10.3. The fraction of sp³-hybridized carbons (Fsp3) is 0.273. The summed E-state index contributed by atoms with van der Waals surface area (Å²) in [6.07, 6.45) is -1.96. The maximum absolute atomic E-state index is 12.4. The van der Waals surface area contributed by atoms with Crippen LogP contribution in [0, 0.1) is 0 Å². The van der Waals surface area contributed by atoms with Crippen LogP contribution in [-0.4, -0.2) is 17.1 Å². The van der Waals surface area contributed by atoms with E-state index >= 15 is 0 Å². The van der Waals surface area contributed by atoms with Gasteiger partial charge < -0.3 is 10.1 Å². The molecule has 2 aromatic rings. The Hall–Kier alpha value is -1.83. The molecule has 2 rings (SSSR count). The third-order valence-electron chi connectivity index (χ3n) is 2.24. The largest absolute Gasteiger partial charge is 0.481 e. The van der Waals surface area contributed by atoms with E-state index in [0.717, 1.165) is 11.8 Å². The quantitative estimate of drug-likeness (QED) is 0.939. The molecule has 0 saturated carbocycles. The predicted octanol–water partition coefficient (Wildman–Crippen LogP) is 3.18. The molecule has 0 amide bonds. The molecule has 0 saturated heterocycles. The van der Waals surface area contributed by atoms with Crippen LogP contribution in [-0.2, 0) is 12.7 Å². The second-order valence-corrected chi connectivity index (χ2v) is 4.62. The van der Waals surface area contributed by atoms with Crippen molar-refractivity contribution in [2.75, 3.05) is 12.4 Å². The molecular weight excluding hydrogens is 279 g/mol. The van der Waals surface area contributed by atoms with E-state index in [4.69, 9.17) is 4.74 Å². The number of hydrogen-bond donors (Lipinski definition) is 1. The van der Waals surface area contributed by atoms with Crippen LogP contribution in [0.2, 0.25) is 0 Å². The van der Waals surface area contributed by atoms with Gasteiger partial charge in [-0.2, -0.15) is 13.2 Å². The molecule has 0 fully saturated rings. The van der Waals surface area contributed by atoms with Gasteiger partial charge in [-0.25, -0.2) is 9.97 Å². The van der Waals surface area contributed by atoms with E-state index in [0.29, 0.717) is 23.8 Å². The van der Waals surface area contributed by atoms with Crippen LogP contribution in [0.1, 0.15) is 10.4 Å². The van der Waals surface area contributed by atoms with Crippen molar-refractivity contribution >= 4 is 16.5 Å². The molecule has 0 spiro atoms. The first-order valence-electron chi connectivity index (χ1n) is 5.25. The number of rotatable bonds is 4. The molecule has 1 N–H and O–H groups in total. The number of alkyl halides is 3. The molecule has 19 heavy (non-hydrogen) atoms. The lowest BCUT2D eigenvalue weighted by Gasteiger charge is -2.04. The fourth-order valence-electron chi connectivity index (χ4n) is 1.34. The Morgan fingerprint density at radius 2 is 2.16 bits per heavy atom. The number of aromatic nitrogens is 2. The fourth-order valence-corrected chi connectivity index (χ4v) is 2.02. The van der Waals surface area contributed by atoms with E-state index < -0.39 is 11.1 Å². The Labute approximate surface area is 111 Å². The second-order valence-electron chi connectivity index (χ2n) is 3.59. The van der Waals surface area contributed by atoms with Gasteiger partial charge in [0.25, 0.3) is 0 Å². The van der Waals surface area contributed by atoms with E-state index in [2.05, 4.69) is 15.3 Å². The van der Waals surface area contributed by atoms with Gasteiger partial charge >= 0.3 is 6.18 Å². The summed E-state index contributed by atoms with van der Waals surface area (Å²) >= 11 is 0.575. The summed E-state index contributed by atoms with van der Waals surface area (Å²) < 4.78 is 42.1. The summed E-state index contributed by atoms with van der Waals surface area (Å²) in [7, 11) is 1.50. The Kier molecular flexibility index (Phi) is 3.89. The molecule has 0 atom stereocenters. The first-order chi connectivity index (χ1) is 8.99. The number of pyridine rings is 1. The zero-order valence-electron chi connectivity index (χ0n) is 9.86. The van der Waals surface area contributed by atoms with Crippen molar-refractivity contribution in [2.45, 2.75) is 12.7 Å². The van der Waals surface area contributed by atoms with Gasteiger partial charge in [-0.15, -0.1) is 0 Å². The molecule has 102 valence electrons. The van der Waals surface area contributed by atoms with Gasteiger partial charge in [0.05, 0.1) is 13.3 Å². The van der Waals surface area contributed by atoms with E-state index in [-0.39, 0.29) is 5.13 Å². The molecule has 2 heterocycles. The van der Waals surface area contributed by atoms with Gasteiger partial charge in [0, 0.05) is 18.8 Å². The first kappa shape index (κ1) is 13.6. The highest BCUT2D eigenvalue weighted by molar-refractivity contribution is 7.15. The summed E-state index contributed by atoms with van der Waals surface area (Å²) in [6, 6.07) is 3.44. The average molecular weight is 289 g/mol. The van der Waals surface area contributed by atoms with Crippen LogP contribution in [0.4, 0.5) is 18.3 Å². The monoisotopic (exact) mass is 289 g/mol. The van der Waals surface area contributed by atoms with Crippen LogP contribution in [0.25, 0.3) is 0 Å². The van der Waals surface area contributed by atoms with Gasteiger partial charge in [0.1, 0.15) is 4.88 Å². The number of ether oxygens (including phenoxy) is 1. The van der Waals surface area contributed by atoms with Crippen LogP contribution < -0.4 is 10.1 Å².